The van der Waals surface area contributed by atoms with Gasteiger partial charge in [0.2, 0.25) is 0 Å². The summed E-state index contributed by atoms with van der Waals surface area (Å²) in [4.78, 5) is 24.2. The summed E-state index contributed by atoms with van der Waals surface area (Å²) in [7, 11) is 1.31. The molecular weight excluding hydrogens is 332 g/mol. The SMILES string of the molecule is COC(=O)C[C@H](NC(=O)[C@H](C)Oc1ccc(C#N)cc1)c1ccccc1. The average Bonchev–Trinajstić information content (AvgIpc) is 2.68. The normalized spacial score (nSPS) is 12.3. The van der Waals surface area contributed by atoms with Crippen molar-refractivity contribution in [2.45, 2.75) is 25.5 Å². The highest BCUT2D eigenvalue weighted by Crippen LogP contribution is 2.18. The molecule has 1 amide bonds. The van der Waals surface area contributed by atoms with Crippen molar-refractivity contribution < 1.29 is 19.1 Å². The van der Waals surface area contributed by atoms with Crippen molar-refractivity contribution in [2.24, 2.45) is 0 Å². The van der Waals surface area contributed by atoms with Crippen LogP contribution in [0.3, 0.4) is 0 Å². The van der Waals surface area contributed by atoms with Gasteiger partial charge in [0, 0.05) is 0 Å². The summed E-state index contributed by atoms with van der Waals surface area (Å²) in [6.07, 6.45) is -0.748. The van der Waals surface area contributed by atoms with Crippen LogP contribution < -0.4 is 10.1 Å². The Bertz CT molecular complexity index is 782. The number of hydrogen-bond donors (Lipinski definition) is 1. The highest BCUT2D eigenvalue weighted by Gasteiger charge is 2.22. The Morgan fingerprint density at radius 3 is 2.35 bits per heavy atom. The van der Waals surface area contributed by atoms with Gasteiger partial charge in [-0.2, -0.15) is 5.26 Å². The zero-order valence-electron chi connectivity index (χ0n) is 14.6. The lowest BCUT2D eigenvalue weighted by atomic mass is 10.0. The molecule has 0 aliphatic heterocycles. The number of hydrogen-bond acceptors (Lipinski definition) is 5. The third kappa shape index (κ3) is 5.35. The maximum atomic E-state index is 12.5. The highest BCUT2D eigenvalue weighted by molar-refractivity contribution is 5.82. The van der Waals surface area contributed by atoms with Crippen LogP contribution >= 0.6 is 0 Å². The molecular formula is C20H20N2O4. The minimum atomic E-state index is -0.771. The summed E-state index contributed by atoms with van der Waals surface area (Å²) in [6.45, 7) is 1.62. The van der Waals surface area contributed by atoms with Gasteiger partial charge in [0.25, 0.3) is 5.91 Å². The van der Waals surface area contributed by atoms with Gasteiger partial charge in [-0.1, -0.05) is 30.3 Å². The fourth-order valence-corrected chi connectivity index (χ4v) is 2.34. The molecule has 26 heavy (non-hydrogen) atoms. The second kappa shape index (κ2) is 9.23. The zero-order chi connectivity index (χ0) is 18.9. The molecule has 134 valence electrons. The molecule has 2 aromatic rings. The Morgan fingerprint density at radius 2 is 1.77 bits per heavy atom. The van der Waals surface area contributed by atoms with E-state index in [-0.39, 0.29) is 12.3 Å². The maximum absolute atomic E-state index is 12.5. The summed E-state index contributed by atoms with van der Waals surface area (Å²) in [6, 6.07) is 17.2. The molecule has 0 fully saturated rings. The summed E-state index contributed by atoms with van der Waals surface area (Å²) in [5, 5.41) is 11.6. The first-order valence-corrected chi connectivity index (χ1v) is 8.12. The molecule has 0 saturated carbocycles. The van der Waals surface area contributed by atoms with Crippen LogP contribution in [0, 0.1) is 11.3 Å². The highest BCUT2D eigenvalue weighted by atomic mass is 16.5. The largest absolute Gasteiger partial charge is 0.481 e. The summed E-state index contributed by atoms with van der Waals surface area (Å²) >= 11 is 0. The molecule has 0 spiro atoms. The number of nitrogens with one attached hydrogen (secondary N) is 1. The number of methoxy groups -OCH3 is 1. The lowest BCUT2D eigenvalue weighted by Crippen LogP contribution is -2.39. The molecule has 6 nitrogen and oxygen atoms in total. The molecule has 0 bridgehead atoms. The maximum Gasteiger partial charge on any atom is 0.307 e. The van der Waals surface area contributed by atoms with Crippen LogP contribution in [0.1, 0.15) is 30.5 Å². The summed E-state index contributed by atoms with van der Waals surface area (Å²) < 4.78 is 10.3. The van der Waals surface area contributed by atoms with Crippen molar-refractivity contribution in [3.05, 3.63) is 65.7 Å². The monoisotopic (exact) mass is 352 g/mol. The minimum absolute atomic E-state index is 0.0237. The number of rotatable bonds is 7. The molecule has 0 aliphatic rings. The van der Waals surface area contributed by atoms with Crippen LogP contribution in [0.25, 0.3) is 0 Å². The van der Waals surface area contributed by atoms with Crippen LogP contribution in [0.4, 0.5) is 0 Å². The zero-order valence-corrected chi connectivity index (χ0v) is 14.6. The van der Waals surface area contributed by atoms with Crippen LogP contribution in [0.15, 0.2) is 54.6 Å². The average molecular weight is 352 g/mol. The van der Waals surface area contributed by atoms with Gasteiger partial charge in [0.1, 0.15) is 5.75 Å². The molecule has 0 aliphatic carbocycles. The number of nitrogens with zero attached hydrogens (tertiary/aromatic N) is 1. The number of esters is 1. The third-order valence-electron chi connectivity index (χ3n) is 3.78. The first kappa shape index (κ1) is 19.0. The Hall–Kier alpha value is -3.33. The molecule has 2 rings (SSSR count). The molecule has 2 atom stereocenters. The molecule has 0 radical (unpaired) electrons. The second-order valence-corrected chi connectivity index (χ2v) is 5.65. The van der Waals surface area contributed by atoms with E-state index < -0.39 is 18.1 Å². The van der Waals surface area contributed by atoms with Crippen molar-refractivity contribution in [2.75, 3.05) is 7.11 Å². The molecule has 0 unspecified atom stereocenters. The Balaban J connectivity index is 2.05. The van der Waals surface area contributed by atoms with Crippen LogP contribution in [0.2, 0.25) is 0 Å². The van der Waals surface area contributed by atoms with E-state index in [1.165, 1.54) is 7.11 Å². The van der Waals surface area contributed by atoms with Gasteiger partial charge in [0.15, 0.2) is 6.10 Å². The number of carbonyl (C=O) groups excluding carboxylic acids is 2. The van der Waals surface area contributed by atoms with E-state index in [0.29, 0.717) is 11.3 Å². The Morgan fingerprint density at radius 1 is 1.12 bits per heavy atom. The van der Waals surface area contributed by atoms with Crippen LogP contribution in [-0.4, -0.2) is 25.1 Å². The summed E-state index contributed by atoms with van der Waals surface area (Å²) in [5.41, 5.74) is 1.31. The van der Waals surface area contributed by atoms with Gasteiger partial charge in [-0.05, 0) is 36.8 Å². The van der Waals surface area contributed by atoms with E-state index in [1.54, 1.807) is 31.2 Å². The van der Waals surface area contributed by atoms with Gasteiger partial charge >= 0.3 is 5.97 Å². The van der Waals surface area contributed by atoms with Gasteiger partial charge < -0.3 is 14.8 Å². The fourth-order valence-electron chi connectivity index (χ4n) is 2.34. The lowest BCUT2D eigenvalue weighted by molar-refractivity contribution is -0.141. The number of amides is 1. The predicted octanol–water partition coefficient (Wildman–Crippen LogP) is 2.75. The van der Waals surface area contributed by atoms with E-state index in [2.05, 4.69) is 5.32 Å². The first-order chi connectivity index (χ1) is 12.5. The van der Waals surface area contributed by atoms with Crippen molar-refractivity contribution in [1.82, 2.24) is 5.32 Å². The van der Waals surface area contributed by atoms with E-state index in [4.69, 9.17) is 14.7 Å². The topological polar surface area (TPSA) is 88.4 Å². The van der Waals surface area contributed by atoms with Gasteiger partial charge in [-0.15, -0.1) is 0 Å². The van der Waals surface area contributed by atoms with E-state index in [0.717, 1.165) is 5.56 Å². The van der Waals surface area contributed by atoms with Crippen molar-refractivity contribution in [3.8, 4) is 11.8 Å². The quantitative estimate of drug-likeness (QED) is 0.774. The van der Waals surface area contributed by atoms with E-state index in [9.17, 15) is 9.59 Å². The number of benzene rings is 2. The predicted molar refractivity (Wildman–Crippen MR) is 95.2 cm³/mol. The number of nitriles is 1. The Kier molecular flexibility index (Phi) is 6.75. The molecule has 6 heteroatoms. The lowest BCUT2D eigenvalue weighted by Gasteiger charge is -2.21. The number of ether oxygens (including phenoxy) is 2. The fraction of sp³-hybridized carbons (Fsp3) is 0.250. The van der Waals surface area contributed by atoms with E-state index in [1.807, 2.05) is 36.4 Å². The first-order valence-electron chi connectivity index (χ1n) is 8.12. The molecule has 2 aromatic carbocycles. The van der Waals surface area contributed by atoms with Crippen molar-refractivity contribution in [1.29, 1.82) is 5.26 Å². The minimum Gasteiger partial charge on any atom is -0.481 e. The van der Waals surface area contributed by atoms with Gasteiger partial charge in [-0.3, -0.25) is 9.59 Å². The summed E-state index contributed by atoms with van der Waals surface area (Å²) in [5.74, 6) is -0.289. The molecule has 0 aromatic heterocycles. The van der Waals surface area contributed by atoms with Gasteiger partial charge in [-0.25, -0.2) is 0 Å². The molecule has 0 saturated heterocycles. The standard InChI is InChI=1S/C20H20N2O4/c1-14(26-17-10-8-15(13-21)9-11-17)20(24)22-18(12-19(23)25-2)16-6-4-3-5-7-16/h3-11,14,18H,12H2,1-2H3,(H,22,24)/t14-,18-/m0/s1. The third-order valence-corrected chi connectivity index (χ3v) is 3.78. The van der Waals surface area contributed by atoms with Gasteiger partial charge in [0.05, 0.1) is 31.2 Å². The van der Waals surface area contributed by atoms with Crippen molar-refractivity contribution in [3.63, 3.8) is 0 Å². The molecule has 0 heterocycles. The smallest absolute Gasteiger partial charge is 0.307 e. The van der Waals surface area contributed by atoms with Crippen molar-refractivity contribution >= 4 is 11.9 Å². The Labute approximate surface area is 152 Å². The van der Waals surface area contributed by atoms with Crippen LogP contribution in [-0.2, 0) is 14.3 Å². The van der Waals surface area contributed by atoms with E-state index >= 15 is 0 Å². The number of carbonyl (C=O) groups is 2. The molecule has 1 N–H and O–H groups in total. The van der Waals surface area contributed by atoms with Crippen LogP contribution in [0.5, 0.6) is 5.75 Å². The second-order valence-electron chi connectivity index (χ2n) is 5.65.